The molecule has 0 saturated heterocycles. The van der Waals surface area contributed by atoms with Crippen molar-refractivity contribution >= 4 is 10.8 Å². The van der Waals surface area contributed by atoms with E-state index >= 15 is 0 Å². The first kappa shape index (κ1) is 19.4. The van der Waals surface area contributed by atoms with Crippen LogP contribution >= 0.6 is 0 Å². The standard InChI is InChI=1S/C22H22F3NO/c1-15(19-11-5-7-16-6-2-3-10-20(16)19)26-13-12-21(27)17-8-4-9-18(14-17)22(23,24)25/h2-11,14-15,21,26-27H,12-13H2,1H3/t15?,21-/m1/s1. The summed E-state index contributed by atoms with van der Waals surface area (Å²) in [5, 5.41) is 15.9. The molecule has 0 aliphatic heterocycles. The maximum Gasteiger partial charge on any atom is 0.416 e. The SMILES string of the molecule is CC(NCC[C@@H](O)c1cccc(C(F)(F)F)c1)c1cccc2ccccc12. The number of rotatable bonds is 6. The minimum atomic E-state index is -4.41. The summed E-state index contributed by atoms with van der Waals surface area (Å²) in [6.07, 6.45) is -5.02. The van der Waals surface area contributed by atoms with E-state index in [-0.39, 0.29) is 11.6 Å². The van der Waals surface area contributed by atoms with Gasteiger partial charge in [0.1, 0.15) is 0 Å². The highest BCUT2D eigenvalue weighted by Crippen LogP contribution is 2.31. The minimum absolute atomic E-state index is 0.0600. The Morgan fingerprint density at radius 1 is 0.963 bits per heavy atom. The van der Waals surface area contributed by atoms with E-state index in [2.05, 4.69) is 29.6 Å². The minimum Gasteiger partial charge on any atom is -0.388 e. The molecule has 0 radical (unpaired) electrons. The summed E-state index contributed by atoms with van der Waals surface area (Å²) in [5.74, 6) is 0. The smallest absolute Gasteiger partial charge is 0.388 e. The molecule has 3 aromatic rings. The van der Waals surface area contributed by atoms with E-state index in [1.54, 1.807) is 0 Å². The van der Waals surface area contributed by atoms with E-state index < -0.39 is 17.8 Å². The first-order chi connectivity index (χ1) is 12.9. The zero-order chi connectivity index (χ0) is 19.4. The molecule has 0 aliphatic rings. The van der Waals surface area contributed by atoms with E-state index in [9.17, 15) is 18.3 Å². The summed E-state index contributed by atoms with van der Waals surface area (Å²) in [6, 6.07) is 19.2. The van der Waals surface area contributed by atoms with Gasteiger partial charge in [-0.3, -0.25) is 0 Å². The highest BCUT2D eigenvalue weighted by Gasteiger charge is 2.30. The fourth-order valence-electron chi connectivity index (χ4n) is 3.26. The summed E-state index contributed by atoms with van der Waals surface area (Å²) in [7, 11) is 0. The molecule has 0 bridgehead atoms. The van der Waals surface area contributed by atoms with Crippen LogP contribution in [0.4, 0.5) is 13.2 Å². The van der Waals surface area contributed by atoms with Crippen molar-refractivity contribution in [1.82, 2.24) is 5.32 Å². The molecule has 0 spiro atoms. The van der Waals surface area contributed by atoms with Gasteiger partial charge in [0, 0.05) is 6.04 Å². The van der Waals surface area contributed by atoms with Crippen LogP contribution < -0.4 is 5.32 Å². The fraction of sp³-hybridized carbons (Fsp3) is 0.273. The Labute approximate surface area is 156 Å². The molecule has 3 aromatic carbocycles. The number of hydrogen-bond donors (Lipinski definition) is 2. The Balaban J connectivity index is 1.62. The number of halogens is 3. The predicted octanol–water partition coefficient (Wildman–Crippen LogP) is 5.63. The number of alkyl halides is 3. The maximum absolute atomic E-state index is 12.8. The number of aliphatic hydroxyl groups excluding tert-OH is 1. The fourth-order valence-corrected chi connectivity index (χ4v) is 3.26. The molecule has 2 atom stereocenters. The van der Waals surface area contributed by atoms with Crippen LogP contribution in [0.15, 0.2) is 66.7 Å². The molecule has 0 saturated carbocycles. The number of nitrogens with one attached hydrogen (secondary N) is 1. The molecule has 3 rings (SSSR count). The molecule has 0 amide bonds. The quantitative estimate of drug-likeness (QED) is 0.587. The second-order valence-corrected chi connectivity index (χ2v) is 6.67. The molecule has 142 valence electrons. The Morgan fingerprint density at radius 2 is 1.67 bits per heavy atom. The normalized spacial score (nSPS) is 14.3. The van der Waals surface area contributed by atoms with Crippen molar-refractivity contribution in [2.75, 3.05) is 6.54 Å². The third-order valence-corrected chi connectivity index (χ3v) is 4.76. The second-order valence-electron chi connectivity index (χ2n) is 6.67. The molecule has 2 nitrogen and oxygen atoms in total. The molecule has 27 heavy (non-hydrogen) atoms. The van der Waals surface area contributed by atoms with Gasteiger partial charge < -0.3 is 10.4 Å². The van der Waals surface area contributed by atoms with Gasteiger partial charge >= 0.3 is 6.18 Å². The van der Waals surface area contributed by atoms with E-state index in [1.165, 1.54) is 17.5 Å². The monoisotopic (exact) mass is 373 g/mol. The lowest BCUT2D eigenvalue weighted by Crippen LogP contribution is -2.21. The highest BCUT2D eigenvalue weighted by molar-refractivity contribution is 5.86. The zero-order valence-electron chi connectivity index (χ0n) is 15.0. The van der Waals surface area contributed by atoms with Gasteiger partial charge in [0.2, 0.25) is 0 Å². The van der Waals surface area contributed by atoms with Crippen LogP contribution in [0.25, 0.3) is 10.8 Å². The number of aliphatic hydroxyl groups is 1. The van der Waals surface area contributed by atoms with Gasteiger partial charge in [0.15, 0.2) is 0 Å². The number of fused-ring (bicyclic) bond motifs is 1. The van der Waals surface area contributed by atoms with Gasteiger partial charge in [-0.1, -0.05) is 54.6 Å². The van der Waals surface area contributed by atoms with Crippen LogP contribution in [0, 0.1) is 0 Å². The van der Waals surface area contributed by atoms with E-state index in [4.69, 9.17) is 0 Å². The zero-order valence-corrected chi connectivity index (χ0v) is 15.0. The molecule has 0 aromatic heterocycles. The van der Waals surface area contributed by atoms with Gasteiger partial charge in [-0.25, -0.2) is 0 Å². The lowest BCUT2D eigenvalue weighted by atomic mass is 9.99. The molecule has 0 fully saturated rings. The van der Waals surface area contributed by atoms with Crippen molar-refractivity contribution in [2.45, 2.75) is 31.7 Å². The van der Waals surface area contributed by atoms with E-state index in [1.807, 2.05) is 25.1 Å². The van der Waals surface area contributed by atoms with Crippen molar-refractivity contribution in [3.63, 3.8) is 0 Å². The Morgan fingerprint density at radius 3 is 2.44 bits per heavy atom. The lowest BCUT2D eigenvalue weighted by molar-refractivity contribution is -0.137. The summed E-state index contributed by atoms with van der Waals surface area (Å²) in [6.45, 7) is 2.53. The second kappa shape index (κ2) is 8.11. The van der Waals surface area contributed by atoms with Crippen LogP contribution in [0.3, 0.4) is 0 Å². The molecule has 1 unspecified atom stereocenters. The van der Waals surface area contributed by atoms with E-state index in [0.717, 1.165) is 23.1 Å². The van der Waals surface area contributed by atoms with Crippen molar-refractivity contribution < 1.29 is 18.3 Å². The van der Waals surface area contributed by atoms with Gasteiger partial charge in [0.25, 0.3) is 0 Å². The average molecular weight is 373 g/mol. The molecule has 0 aliphatic carbocycles. The third-order valence-electron chi connectivity index (χ3n) is 4.76. The first-order valence-corrected chi connectivity index (χ1v) is 8.92. The van der Waals surface area contributed by atoms with Crippen LogP contribution in [-0.4, -0.2) is 11.7 Å². The summed E-state index contributed by atoms with van der Waals surface area (Å²) < 4.78 is 38.4. The lowest BCUT2D eigenvalue weighted by Gasteiger charge is -2.18. The predicted molar refractivity (Wildman–Crippen MR) is 101 cm³/mol. The Kier molecular flexibility index (Phi) is 5.82. The molecule has 0 heterocycles. The summed E-state index contributed by atoms with van der Waals surface area (Å²) in [4.78, 5) is 0. The molecular formula is C22H22F3NO. The van der Waals surface area contributed by atoms with Gasteiger partial charge in [-0.15, -0.1) is 0 Å². The summed E-state index contributed by atoms with van der Waals surface area (Å²) >= 11 is 0. The van der Waals surface area contributed by atoms with Crippen molar-refractivity contribution in [3.05, 3.63) is 83.4 Å². The molecule has 5 heteroatoms. The van der Waals surface area contributed by atoms with Crippen LogP contribution in [0.1, 0.15) is 42.2 Å². The van der Waals surface area contributed by atoms with Crippen LogP contribution in [-0.2, 0) is 6.18 Å². The van der Waals surface area contributed by atoms with Gasteiger partial charge in [-0.2, -0.15) is 13.2 Å². The molecule has 2 N–H and O–H groups in total. The first-order valence-electron chi connectivity index (χ1n) is 8.92. The summed E-state index contributed by atoms with van der Waals surface area (Å²) in [5.41, 5.74) is 0.697. The van der Waals surface area contributed by atoms with Crippen molar-refractivity contribution in [2.24, 2.45) is 0 Å². The van der Waals surface area contributed by atoms with Crippen molar-refractivity contribution in [3.8, 4) is 0 Å². The topological polar surface area (TPSA) is 32.3 Å². The number of hydrogen-bond acceptors (Lipinski definition) is 2. The Hall–Kier alpha value is -2.37. The highest BCUT2D eigenvalue weighted by atomic mass is 19.4. The average Bonchev–Trinajstić information content (AvgIpc) is 2.66. The van der Waals surface area contributed by atoms with Crippen LogP contribution in [0.5, 0.6) is 0 Å². The third kappa shape index (κ3) is 4.67. The van der Waals surface area contributed by atoms with Gasteiger partial charge in [-0.05, 0) is 53.9 Å². The van der Waals surface area contributed by atoms with E-state index in [0.29, 0.717) is 13.0 Å². The number of benzene rings is 3. The van der Waals surface area contributed by atoms with Gasteiger partial charge in [0.05, 0.1) is 11.7 Å². The van der Waals surface area contributed by atoms with Crippen molar-refractivity contribution in [1.29, 1.82) is 0 Å². The van der Waals surface area contributed by atoms with Crippen LogP contribution in [0.2, 0.25) is 0 Å². The Bertz CT molecular complexity index is 902. The maximum atomic E-state index is 12.8. The largest absolute Gasteiger partial charge is 0.416 e. The molecular weight excluding hydrogens is 351 g/mol.